The van der Waals surface area contributed by atoms with E-state index in [-0.39, 0.29) is 0 Å². The van der Waals surface area contributed by atoms with Crippen LogP contribution < -0.4 is 0 Å². The Morgan fingerprint density at radius 3 is 1.55 bits per heavy atom. The topological polar surface area (TPSA) is 35.1 Å². The van der Waals surface area contributed by atoms with E-state index >= 15 is 0 Å². The number of para-hydroxylation sites is 3. The van der Waals surface area contributed by atoms with Crippen LogP contribution in [-0.4, -0.2) is 18.9 Å². The van der Waals surface area contributed by atoms with Gasteiger partial charge in [0, 0.05) is 27.1 Å². The molecule has 0 unspecified atom stereocenters. The predicted octanol–water partition coefficient (Wildman–Crippen LogP) is 14.0. The van der Waals surface area contributed by atoms with Gasteiger partial charge in [-0.2, -0.15) is 0 Å². The van der Waals surface area contributed by atoms with Crippen molar-refractivity contribution < 1.29 is 0 Å². The van der Waals surface area contributed by atoms with E-state index in [0.717, 1.165) is 66.8 Å². The van der Waals surface area contributed by atoms with Crippen molar-refractivity contribution in [2.75, 3.05) is 0 Å². The molecule has 0 radical (unpaired) electrons. The number of hydrogen-bond donors (Lipinski definition) is 0. The molecule has 4 nitrogen and oxygen atoms in total. The highest BCUT2D eigenvalue weighted by Crippen LogP contribution is 2.42. The van der Waals surface area contributed by atoms with E-state index in [1.165, 1.54) is 43.8 Å². The second-order valence-electron chi connectivity index (χ2n) is 15.0. The summed E-state index contributed by atoms with van der Waals surface area (Å²) in [5, 5.41) is 5.83. The van der Waals surface area contributed by atoms with E-state index in [9.17, 15) is 0 Å². The molecule has 0 atom stereocenters. The molecule has 0 amide bonds. The van der Waals surface area contributed by atoms with Crippen molar-refractivity contribution >= 4 is 60.2 Å². The lowest BCUT2D eigenvalue weighted by molar-refractivity contribution is 1.09. The first-order chi connectivity index (χ1) is 28.8. The number of fused-ring (bicyclic) bond motifs is 12. The summed E-state index contributed by atoms with van der Waals surface area (Å²) >= 11 is 0. The minimum atomic E-state index is 0.866. The van der Waals surface area contributed by atoms with Gasteiger partial charge in [-0.15, -0.1) is 0 Å². The fourth-order valence-corrected chi connectivity index (χ4v) is 8.98. The summed E-state index contributed by atoms with van der Waals surface area (Å²) in [7, 11) is 0. The van der Waals surface area contributed by atoms with Gasteiger partial charge in [-0.25, -0.2) is 9.97 Å². The third kappa shape index (κ3) is 5.02. The molecule has 58 heavy (non-hydrogen) atoms. The van der Waals surface area contributed by atoms with Gasteiger partial charge in [-0.3, -0.25) is 8.97 Å². The summed E-state index contributed by atoms with van der Waals surface area (Å²) in [6, 6.07) is 73.8. The van der Waals surface area contributed by atoms with Gasteiger partial charge in [0.15, 0.2) is 0 Å². The molecule has 0 fully saturated rings. The van der Waals surface area contributed by atoms with Crippen molar-refractivity contribution in [3.05, 3.63) is 206 Å². The Kier molecular flexibility index (Phi) is 7.20. The lowest BCUT2D eigenvalue weighted by Gasteiger charge is -2.16. The number of hydrogen-bond acceptors (Lipinski definition) is 2. The van der Waals surface area contributed by atoms with Gasteiger partial charge >= 0.3 is 0 Å². The number of imidazole rings is 1. The number of benzene rings is 8. The number of pyridine rings is 2. The third-order valence-corrected chi connectivity index (χ3v) is 11.7. The maximum Gasteiger partial charge on any atom is 0.146 e. The Labute approximate surface area is 334 Å². The van der Waals surface area contributed by atoms with Crippen molar-refractivity contribution in [3.63, 3.8) is 0 Å². The SMILES string of the molecule is c1ccc(-c2ccc(-c3cc(-c4ccc(-c5ccccc5)cc4)nc(-n4c5ccccc5c5ccc6c(c7ccccc7c7nc8ccccc8n67)c54)c3)cc2)cc1. The van der Waals surface area contributed by atoms with Crippen molar-refractivity contribution in [2.45, 2.75) is 0 Å². The van der Waals surface area contributed by atoms with Crippen LogP contribution >= 0.6 is 0 Å². The predicted molar refractivity (Wildman–Crippen MR) is 242 cm³/mol. The van der Waals surface area contributed by atoms with Gasteiger partial charge in [-0.1, -0.05) is 170 Å². The van der Waals surface area contributed by atoms with Crippen LogP contribution in [0.15, 0.2) is 206 Å². The van der Waals surface area contributed by atoms with Crippen molar-refractivity contribution in [3.8, 4) is 50.5 Å². The van der Waals surface area contributed by atoms with Crippen LogP contribution in [0.4, 0.5) is 0 Å². The van der Waals surface area contributed by atoms with Gasteiger partial charge in [0.25, 0.3) is 0 Å². The summed E-state index contributed by atoms with van der Waals surface area (Å²) in [6.45, 7) is 0. The molecule has 4 heteroatoms. The highest BCUT2D eigenvalue weighted by atomic mass is 15.1. The molecule has 0 N–H and O–H groups in total. The highest BCUT2D eigenvalue weighted by molar-refractivity contribution is 6.27. The van der Waals surface area contributed by atoms with Crippen LogP contribution in [0.2, 0.25) is 0 Å². The molecular formula is C54H34N4. The van der Waals surface area contributed by atoms with E-state index in [1.54, 1.807) is 0 Å². The molecule has 12 aromatic rings. The van der Waals surface area contributed by atoms with E-state index in [4.69, 9.17) is 9.97 Å². The molecular weight excluding hydrogens is 705 g/mol. The van der Waals surface area contributed by atoms with Crippen LogP contribution in [0.25, 0.3) is 111 Å². The van der Waals surface area contributed by atoms with Crippen LogP contribution in [0.3, 0.4) is 0 Å². The quantitative estimate of drug-likeness (QED) is 0.165. The summed E-state index contributed by atoms with van der Waals surface area (Å²) in [6.07, 6.45) is 0. The second-order valence-corrected chi connectivity index (χ2v) is 15.0. The van der Waals surface area contributed by atoms with Crippen molar-refractivity contribution in [2.24, 2.45) is 0 Å². The minimum absolute atomic E-state index is 0.866. The van der Waals surface area contributed by atoms with Gasteiger partial charge < -0.3 is 0 Å². The summed E-state index contributed by atoms with van der Waals surface area (Å²) in [4.78, 5) is 10.8. The average molecular weight is 739 g/mol. The average Bonchev–Trinajstić information content (AvgIpc) is 3.86. The standard InChI is InChI=1S/C54H34N4/c1-3-13-35(14-4-1)37-23-25-39(26-24-37)41-33-47(40-29-27-38(28-30-40)36-15-5-2-6-16-36)55-51(34-41)58-48-21-11-9-17-42(48)44-31-32-50-52(53(44)58)43-18-7-8-19-45(43)54-56-46-20-10-12-22-49(46)57(50)54/h1-34H. The molecule has 0 saturated carbocycles. The number of aromatic nitrogens is 4. The van der Waals surface area contributed by atoms with E-state index in [1.807, 2.05) is 0 Å². The van der Waals surface area contributed by atoms with Crippen molar-refractivity contribution in [1.82, 2.24) is 18.9 Å². The van der Waals surface area contributed by atoms with E-state index in [0.29, 0.717) is 0 Å². The van der Waals surface area contributed by atoms with Crippen LogP contribution in [-0.2, 0) is 0 Å². The molecule has 12 rings (SSSR count). The van der Waals surface area contributed by atoms with Crippen LogP contribution in [0.5, 0.6) is 0 Å². The summed E-state index contributed by atoms with van der Waals surface area (Å²) < 4.78 is 4.74. The van der Waals surface area contributed by atoms with Crippen molar-refractivity contribution in [1.29, 1.82) is 0 Å². The Hall–Kier alpha value is -7.82. The van der Waals surface area contributed by atoms with Gasteiger partial charge in [0.1, 0.15) is 11.5 Å². The monoisotopic (exact) mass is 738 g/mol. The summed E-state index contributed by atoms with van der Waals surface area (Å²) in [5.74, 6) is 0.866. The maximum absolute atomic E-state index is 5.57. The largest absolute Gasteiger partial charge is 0.293 e. The zero-order valence-corrected chi connectivity index (χ0v) is 31.4. The van der Waals surface area contributed by atoms with Crippen LogP contribution in [0, 0.1) is 0 Å². The zero-order valence-electron chi connectivity index (χ0n) is 31.4. The van der Waals surface area contributed by atoms with Gasteiger partial charge in [0.2, 0.25) is 0 Å². The lowest BCUT2D eigenvalue weighted by Crippen LogP contribution is -2.01. The Bertz CT molecular complexity index is 3420. The Morgan fingerprint density at radius 2 is 0.862 bits per heavy atom. The molecule has 0 aliphatic carbocycles. The molecule has 0 aliphatic rings. The molecule has 0 aliphatic heterocycles. The first-order valence-electron chi connectivity index (χ1n) is 19.7. The van der Waals surface area contributed by atoms with Crippen LogP contribution in [0.1, 0.15) is 0 Å². The summed E-state index contributed by atoms with van der Waals surface area (Å²) in [5.41, 5.74) is 15.4. The molecule has 0 bridgehead atoms. The fraction of sp³-hybridized carbons (Fsp3) is 0. The fourth-order valence-electron chi connectivity index (χ4n) is 8.98. The van der Waals surface area contributed by atoms with E-state index in [2.05, 4.69) is 215 Å². The van der Waals surface area contributed by atoms with Gasteiger partial charge in [-0.05, 0) is 75.2 Å². The number of nitrogens with zero attached hydrogens (tertiary/aromatic N) is 4. The molecule has 0 saturated heterocycles. The smallest absolute Gasteiger partial charge is 0.146 e. The lowest BCUT2D eigenvalue weighted by atomic mass is 9.98. The Morgan fingerprint density at radius 1 is 0.328 bits per heavy atom. The highest BCUT2D eigenvalue weighted by Gasteiger charge is 2.22. The first kappa shape index (κ1) is 32.4. The third-order valence-electron chi connectivity index (χ3n) is 11.7. The van der Waals surface area contributed by atoms with E-state index < -0.39 is 0 Å². The van der Waals surface area contributed by atoms with Gasteiger partial charge in [0.05, 0.1) is 33.3 Å². The Balaban J connectivity index is 1.16. The molecule has 8 aromatic carbocycles. The first-order valence-corrected chi connectivity index (χ1v) is 19.7. The molecule has 270 valence electrons. The molecule has 4 aromatic heterocycles. The number of rotatable bonds is 5. The zero-order chi connectivity index (χ0) is 38.2. The minimum Gasteiger partial charge on any atom is -0.293 e. The molecule has 0 spiro atoms. The maximum atomic E-state index is 5.57. The normalized spacial score (nSPS) is 11.8. The molecule has 4 heterocycles. The second kappa shape index (κ2) is 12.9.